The van der Waals surface area contributed by atoms with E-state index in [1.807, 2.05) is 30.3 Å². The Balaban J connectivity index is 2.42. The molecule has 0 amide bonds. The van der Waals surface area contributed by atoms with Crippen molar-refractivity contribution in [2.24, 2.45) is 10.9 Å². The fraction of sp³-hybridized carbons (Fsp3) is 0.250. The van der Waals surface area contributed by atoms with Crippen LogP contribution in [0.5, 0.6) is 0 Å². The second kappa shape index (κ2) is 5.79. The molecule has 0 saturated carbocycles. The molecule has 0 bridgehead atoms. The molecular formula is C12H15N3O2S2. The summed E-state index contributed by atoms with van der Waals surface area (Å²) in [6.45, 7) is 0.497. The Morgan fingerprint density at radius 3 is 2.47 bits per heavy atom. The van der Waals surface area contributed by atoms with Crippen LogP contribution in [0.4, 0.5) is 0 Å². The molecule has 2 aromatic rings. The van der Waals surface area contributed by atoms with Crippen molar-refractivity contribution in [3.05, 3.63) is 40.2 Å². The Morgan fingerprint density at radius 1 is 1.21 bits per heavy atom. The van der Waals surface area contributed by atoms with Crippen LogP contribution < -0.4 is 10.9 Å². The van der Waals surface area contributed by atoms with Gasteiger partial charge in [-0.25, -0.2) is 18.5 Å². The molecular weight excluding hydrogens is 282 g/mol. The first-order chi connectivity index (χ1) is 8.99. The summed E-state index contributed by atoms with van der Waals surface area (Å²) in [5, 5.41) is 5.56. The molecule has 5 nitrogen and oxygen atoms in total. The molecule has 2 rings (SSSR count). The molecule has 102 valence electrons. The minimum Gasteiger partial charge on any atom is -0.330 e. The van der Waals surface area contributed by atoms with Crippen molar-refractivity contribution in [2.45, 2.75) is 12.2 Å². The van der Waals surface area contributed by atoms with Crippen molar-refractivity contribution < 1.29 is 8.42 Å². The molecule has 19 heavy (non-hydrogen) atoms. The van der Waals surface area contributed by atoms with Crippen LogP contribution in [0.15, 0.2) is 30.3 Å². The number of rotatable bonds is 5. The Bertz CT molecular complexity index is 651. The lowest BCUT2D eigenvalue weighted by Gasteiger charge is -2.00. The van der Waals surface area contributed by atoms with Crippen LogP contribution in [0.25, 0.3) is 11.3 Å². The molecule has 0 aliphatic carbocycles. The smallest absolute Gasteiger partial charge is 0.215 e. The van der Waals surface area contributed by atoms with Gasteiger partial charge < -0.3 is 5.73 Å². The van der Waals surface area contributed by atoms with E-state index < -0.39 is 10.0 Å². The van der Waals surface area contributed by atoms with Crippen molar-refractivity contribution in [1.82, 2.24) is 4.98 Å². The number of aromatic nitrogens is 1. The quantitative estimate of drug-likeness (QED) is 0.863. The molecule has 0 atom stereocenters. The Labute approximate surface area is 116 Å². The highest BCUT2D eigenvalue weighted by Crippen LogP contribution is 2.29. The summed E-state index contributed by atoms with van der Waals surface area (Å²) in [5.74, 6) is -0.234. The third-order valence-corrected chi connectivity index (χ3v) is 4.46. The minimum absolute atomic E-state index is 0.234. The number of thiazole rings is 1. The Kier molecular flexibility index (Phi) is 4.31. The maximum Gasteiger partial charge on any atom is 0.215 e. The molecule has 1 aromatic carbocycles. The molecule has 1 heterocycles. The van der Waals surface area contributed by atoms with Gasteiger partial charge in [0.1, 0.15) is 10.8 Å². The molecule has 0 aliphatic rings. The number of benzene rings is 1. The van der Waals surface area contributed by atoms with Crippen LogP contribution >= 0.6 is 11.3 Å². The normalized spacial score (nSPS) is 11.7. The zero-order valence-corrected chi connectivity index (χ0v) is 11.9. The Morgan fingerprint density at radius 2 is 1.89 bits per heavy atom. The fourth-order valence-electron chi connectivity index (χ4n) is 1.76. The lowest BCUT2D eigenvalue weighted by Crippen LogP contribution is -2.14. The zero-order chi connectivity index (χ0) is 13.9. The lowest BCUT2D eigenvalue weighted by atomic mass is 10.1. The first kappa shape index (κ1) is 14.1. The third kappa shape index (κ3) is 3.84. The predicted molar refractivity (Wildman–Crippen MR) is 77.1 cm³/mol. The van der Waals surface area contributed by atoms with Crippen LogP contribution in [-0.2, 0) is 22.2 Å². The second-order valence-electron chi connectivity index (χ2n) is 4.09. The second-order valence-corrected chi connectivity index (χ2v) is 6.87. The van der Waals surface area contributed by atoms with E-state index in [-0.39, 0.29) is 5.75 Å². The average molecular weight is 297 g/mol. The van der Waals surface area contributed by atoms with Gasteiger partial charge in [-0.15, -0.1) is 11.3 Å². The monoisotopic (exact) mass is 297 g/mol. The summed E-state index contributed by atoms with van der Waals surface area (Å²) in [6.07, 6.45) is 0.673. The highest BCUT2D eigenvalue weighted by Gasteiger charge is 2.15. The van der Waals surface area contributed by atoms with E-state index >= 15 is 0 Å². The summed E-state index contributed by atoms with van der Waals surface area (Å²) >= 11 is 1.36. The van der Waals surface area contributed by atoms with Crippen molar-refractivity contribution in [2.75, 3.05) is 6.54 Å². The minimum atomic E-state index is -3.56. The van der Waals surface area contributed by atoms with Crippen LogP contribution in [0.3, 0.4) is 0 Å². The average Bonchev–Trinajstić information content (AvgIpc) is 2.71. The van der Waals surface area contributed by atoms with Gasteiger partial charge in [0.25, 0.3) is 0 Å². The van der Waals surface area contributed by atoms with Gasteiger partial charge in [0.15, 0.2) is 0 Å². The van der Waals surface area contributed by atoms with Crippen molar-refractivity contribution in [1.29, 1.82) is 0 Å². The molecule has 0 fully saturated rings. The third-order valence-electron chi connectivity index (χ3n) is 2.48. The highest BCUT2D eigenvalue weighted by molar-refractivity contribution is 7.88. The largest absolute Gasteiger partial charge is 0.330 e. The first-order valence-electron chi connectivity index (χ1n) is 5.74. The molecule has 0 radical (unpaired) electrons. The van der Waals surface area contributed by atoms with Crippen molar-refractivity contribution in [3.63, 3.8) is 0 Å². The number of nitrogens with two attached hydrogens (primary N) is 2. The van der Waals surface area contributed by atoms with Gasteiger partial charge in [-0.1, -0.05) is 30.3 Å². The molecule has 0 spiro atoms. The summed E-state index contributed by atoms with van der Waals surface area (Å²) in [7, 11) is -3.56. The van der Waals surface area contributed by atoms with Gasteiger partial charge in [-0.2, -0.15) is 0 Å². The topological polar surface area (TPSA) is 99.1 Å². The standard InChI is InChI=1S/C12H15N3O2S2/c13-7-6-10-12(9-4-2-1-3-5-9)15-11(18-10)8-19(14,16)17/h1-5H,6-8,13H2,(H2,14,16,17). The van der Waals surface area contributed by atoms with E-state index in [0.717, 1.165) is 16.1 Å². The number of sulfonamides is 1. The molecule has 0 saturated heterocycles. The summed E-state index contributed by atoms with van der Waals surface area (Å²) in [4.78, 5) is 5.38. The summed E-state index contributed by atoms with van der Waals surface area (Å²) in [6, 6.07) is 9.63. The maximum absolute atomic E-state index is 11.1. The molecule has 4 N–H and O–H groups in total. The van der Waals surface area contributed by atoms with Crippen LogP contribution in [0.1, 0.15) is 9.88 Å². The van der Waals surface area contributed by atoms with E-state index in [0.29, 0.717) is 18.0 Å². The van der Waals surface area contributed by atoms with Gasteiger partial charge in [0.2, 0.25) is 10.0 Å². The van der Waals surface area contributed by atoms with E-state index in [9.17, 15) is 8.42 Å². The van der Waals surface area contributed by atoms with E-state index in [4.69, 9.17) is 10.9 Å². The van der Waals surface area contributed by atoms with Gasteiger partial charge in [-0.05, 0) is 13.0 Å². The fourth-order valence-corrected chi connectivity index (χ4v) is 3.80. The number of nitrogens with zero attached hydrogens (tertiary/aromatic N) is 1. The molecule has 0 unspecified atom stereocenters. The zero-order valence-electron chi connectivity index (χ0n) is 10.2. The van der Waals surface area contributed by atoms with Gasteiger partial charge in [0, 0.05) is 10.4 Å². The number of primary sulfonamides is 1. The van der Waals surface area contributed by atoms with Gasteiger partial charge >= 0.3 is 0 Å². The van der Waals surface area contributed by atoms with Gasteiger partial charge in [-0.3, -0.25) is 0 Å². The summed E-state index contributed by atoms with van der Waals surface area (Å²) in [5.41, 5.74) is 7.34. The highest BCUT2D eigenvalue weighted by atomic mass is 32.2. The first-order valence-corrected chi connectivity index (χ1v) is 8.27. The molecule has 0 aliphatic heterocycles. The predicted octanol–water partition coefficient (Wildman–Crippen LogP) is 1.10. The maximum atomic E-state index is 11.1. The molecule has 7 heteroatoms. The van der Waals surface area contributed by atoms with E-state index in [1.165, 1.54) is 11.3 Å². The number of hydrogen-bond acceptors (Lipinski definition) is 5. The van der Waals surface area contributed by atoms with Gasteiger partial charge in [0.05, 0.1) is 5.69 Å². The van der Waals surface area contributed by atoms with Crippen LogP contribution in [-0.4, -0.2) is 19.9 Å². The lowest BCUT2D eigenvalue weighted by molar-refractivity contribution is 0.597. The number of hydrogen-bond donors (Lipinski definition) is 2. The van der Waals surface area contributed by atoms with Crippen LogP contribution in [0.2, 0.25) is 0 Å². The van der Waals surface area contributed by atoms with Crippen molar-refractivity contribution in [3.8, 4) is 11.3 Å². The Hall–Kier alpha value is -1.28. The molecule has 1 aromatic heterocycles. The van der Waals surface area contributed by atoms with Crippen molar-refractivity contribution >= 4 is 21.4 Å². The summed E-state index contributed by atoms with van der Waals surface area (Å²) < 4.78 is 22.3. The van der Waals surface area contributed by atoms with E-state index in [1.54, 1.807) is 0 Å². The SMILES string of the molecule is NCCc1sc(CS(N)(=O)=O)nc1-c1ccccc1. The van der Waals surface area contributed by atoms with Crippen LogP contribution in [0, 0.1) is 0 Å². The van der Waals surface area contributed by atoms with E-state index in [2.05, 4.69) is 4.98 Å².